The Hall–Kier alpha value is -2.51. The monoisotopic (exact) mass is 430 g/mol. The van der Waals surface area contributed by atoms with Crippen LogP contribution in [-0.4, -0.2) is 15.9 Å². The van der Waals surface area contributed by atoms with Gasteiger partial charge >= 0.3 is 4.87 Å². The Bertz CT molecular complexity index is 1130. The zero-order chi connectivity index (χ0) is 18.3. The van der Waals surface area contributed by atoms with Crippen LogP contribution in [0.3, 0.4) is 0 Å². The summed E-state index contributed by atoms with van der Waals surface area (Å²) in [5.74, 6) is -0.584. The van der Waals surface area contributed by atoms with Gasteiger partial charge in [0.05, 0.1) is 17.1 Å². The van der Waals surface area contributed by atoms with Crippen molar-refractivity contribution in [2.75, 3.05) is 0 Å². The first kappa shape index (κ1) is 16.9. The van der Waals surface area contributed by atoms with Gasteiger partial charge in [-0.1, -0.05) is 45.5 Å². The van der Waals surface area contributed by atoms with E-state index in [4.69, 9.17) is 0 Å². The third-order valence-electron chi connectivity index (χ3n) is 4.08. The van der Waals surface area contributed by atoms with Gasteiger partial charge in [0.25, 0.3) is 0 Å². The van der Waals surface area contributed by atoms with E-state index in [1.807, 2.05) is 18.2 Å². The Morgan fingerprint density at radius 1 is 1.27 bits per heavy atom. The lowest BCUT2D eigenvalue weighted by Crippen LogP contribution is -2.14. The molecule has 4 rings (SSSR count). The number of hydrogen-bond donors (Lipinski definition) is 1. The van der Waals surface area contributed by atoms with Crippen LogP contribution in [0, 0.1) is 5.82 Å². The fraction of sp³-hybridized carbons (Fsp3) is 0.0526. The summed E-state index contributed by atoms with van der Waals surface area (Å²) in [6.45, 7) is -0.0206. The number of aromatic hydroxyl groups is 1. The summed E-state index contributed by atoms with van der Waals surface area (Å²) in [7, 11) is 0. The largest absolute Gasteiger partial charge is 0.493 e. The number of nitrogens with zero attached hydrogens (tertiary/aromatic N) is 2. The molecule has 0 atom stereocenters. The van der Waals surface area contributed by atoms with Crippen molar-refractivity contribution in [3.63, 3.8) is 0 Å². The van der Waals surface area contributed by atoms with Crippen LogP contribution in [0.15, 0.2) is 56.7 Å². The second-order valence-electron chi connectivity index (χ2n) is 5.75. The first-order valence-electron chi connectivity index (χ1n) is 7.74. The van der Waals surface area contributed by atoms with Crippen LogP contribution in [0.4, 0.5) is 10.1 Å². The average Bonchev–Trinajstić information content (AvgIpc) is 3.13. The van der Waals surface area contributed by atoms with E-state index in [0.717, 1.165) is 32.6 Å². The molecule has 26 heavy (non-hydrogen) atoms. The minimum absolute atomic E-state index is 0.0206. The van der Waals surface area contributed by atoms with Gasteiger partial charge in [0.2, 0.25) is 5.88 Å². The van der Waals surface area contributed by atoms with Crippen LogP contribution in [0.25, 0.3) is 11.6 Å². The maximum absolute atomic E-state index is 13.8. The molecule has 0 bridgehead atoms. The van der Waals surface area contributed by atoms with Crippen molar-refractivity contribution in [1.29, 1.82) is 0 Å². The molecular weight excluding hydrogens is 419 g/mol. The van der Waals surface area contributed by atoms with Crippen molar-refractivity contribution in [3.8, 4) is 5.88 Å². The van der Waals surface area contributed by atoms with Crippen LogP contribution >= 0.6 is 27.3 Å². The molecule has 4 nitrogen and oxygen atoms in total. The molecule has 0 saturated heterocycles. The third kappa shape index (κ3) is 3.04. The molecule has 0 spiro atoms. The van der Waals surface area contributed by atoms with Crippen LogP contribution in [0.1, 0.15) is 16.0 Å². The molecule has 7 heteroatoms. The van der Waals surface area contributed by atoms with E-state index in [1.165, 1.54) is 10.6 Å². The van der Waals surface area contributed by atoms with Gasteiger partial charge in [-0.3, -0.25) is 14.4 Å². The number of hydrogen-bond acceptors (Lipinski definition) is 4. The number of aliphatic imine (C=N–C) groups is 1. The second-order valence-corrected chi connectivity index (χ2v) is 7.66. The first-order valence-corrected chi connectivity index (χ1v) is 9.35. The summed E-state index contributed by atoms with van der Waals surface area (Å²) in [6.07, 6.45) is 3.42. The highest BCUT2D eigenvalue weighted by molar-refractivity contribution is 9.10. The molecule has 2 aromatic carbocycles. The maximum Gasteiger partial charge on any atom is 0.310 e. The highest BCUT2D eigenvalue weighted by Gasteiger charge is 2.17. The van der Waals surface area contributed by atoms with Gasteiger partial charge in [-0.2, -0.15) is 0 Å². The van der Waals surface area contributed by atoms with Crippen molar-refractivity contribution in [2.45, 2.75) is 6.54 Å². The Morgan fingerprint density at radius 2 is 2.08 bits per heavy atom. The van der Waals surface area contributed by atoms with E-state index in [0.29, 0.717) is 10.4 Å². The number of allylic oxidation sites excluding steroid dienone is 1. The van der Waals surface area contributed by atoms with Gasteiger partial charge in [-0.15, -0.1) is 0 Å². The molecule has 1 N–H and O–H groups in total. The number of halogens is 2. The molecule has 0 saturated carbocycles. The smallest absolute Gasteiger partial charge is 0.310 e. The van der Waals surface area contributed by atoms with Gasteiger partial charge in [-0.25, -0.2) is 4.39 Å². The normalized spacial score (nSPS) is 14.2. The molecule has 0 aliphatic carbocycles. The standard InChI is InChI=1S/C19H12BrFN2O2S/c20-13-5-6-16-14(8-13)12(9-22-16)7-17-18(24)23(19(25)26-17)10-11-3-1-2-4-15(11)21/h1-9,24H,10H2/b12-7-. The summed E-state index contributed by atoms with van der Waals surface area (Å²) >= 11 is 4.35. The van der Waals surface area contributed by atoms with Gasteiger partial charge in [-0.05, 0) is 30.3 Å². The van der Waals surface area contributed by atoms with Crippen molar-refractivity contribution in [1.82, 2.24) is 4.57 Å². The van der Waals surface area contributed by atoms with E-state index in [-0.39, 0.29) is 17.3 Å². The zero-order valence-corrected chi connectivity index (χ0v) is 15.7. The second kappa shape index (κ2) is 6.66. The summed E-state index contributed by atoms with van der Waals surface area (Å²) in [6, 6.07) is 11.9. The minimum Gasteiger partial charge on any atom is -0.493 e. The Morgan fingerprint density at radius 3 is 2.88 bits per heavy atom. The summed E-state index contributed by atoms with van der Waals surface area (Å²) < 4.78 is 15.9. The fourth-order valence-corrected chi connectivity index (χ4v) is 3.96. The summed E-state index contributed by atoms with van der Waals surface area (Å²) in [4.78, 5) is 16.7. The molecule has 0 radical (unpaired) electrons. The molecule has 2 heterocycles. The van der Waals surface area contributed by atoms with Crippen molar-refractivity contribution in [2.24, 2.45) is 4.99 Å². The lowest BCUT2D eigenvalue weighted by Gasteiger charge is -2.05. The number of rotatable bonds is 3. The van der Waals surface area contributed by atoms with Gasteiger partial charge < -0.3 is 5.11 Å². The molecule has 1 aromatic heterocycles. The van der Waals surface area contributed by atoms with Crippen molar-refractivity contribution in [3.05, 3.63) is 78.4 Å². The first-order chi connectivity index (χ1) is 12.5. The Balaban J connectivity index is 1.73. The molecule has 0 unspecified atom stereocenters. The fourth-order valence-electron chi connectivity index (χ4n) is 2.76. The number of thiazole rings is 1. The lowest BCUT2D eigenvalue weighted by atomic mass is 10.1. The van der Waals surface area contributed by atoms with Gasteiger partial charge in [0, 0.05) is 27.4 Å². The molecule has 1 aliphatic rings. The average molecular weight is 431 g/mol. The van der Waals surface area contributed by atoms with Crippen LogP contribution in [-0.2, 0) is 6.54 Å². The van der Waals surface area contributed by atoms with Crippen LogP contribution in [0.5, 0.6) is 5.88 Å². The SMILES string of the molecule is O=c1sc(/C=C2/C=Nc3ccc(Br)cc32)c(O)n1Cc1ccccc1F. The van der Waals surface area contributed by atoms with Gasteiger partial charge in [0.15, 0.2) is 0 Å². The molecule has 0 fully saturated rings. The Labute approximate surface area is 160 Å². The molecular formula is C19H12BrFN2O2S. The lowest BCUT2D eigenvalue weighted by molar-refractivity contribution is 0.418. The highest BCUT2D eigenvalue weighted by atomic mass is 79.9. The number of aromatic nitrogens is 1. The summed E-state index contributed by atoms with van der Waals surface area (Å²) in [5.41, 5.74) is 2.90. The maximum atomic E-state index is 13.8. The highest BCUT2D eigenvalue weighted by Crippen LogP contribution is 2.36. The topological polar surface area (TPSA) is 54.6 Å². The van der Waals surface area contributed by atoms with E-state index < -0.39 is 5.82 Å². The van der Waals surface area contributed by atoms with Gasteiger partial charge in [0.1, 0.15) is 5.82 Å². The van der Waals surface area contributed by atoms with E-state index >= 15 is 0 Å². The van der Waals surface area contributed by atoms with Crippen LogP contribution < -0.4 is 4.87 Å². The predicted molar refractivity (Wildman–Crippen MR) is 106 cm³/mol. The Kier molecular flexibility index (Phi) is 4.34. The number of fused-ring (bicyclic) bond motifs is 1. The minimum atomic E-state index is -0.411. The van der Waals surface area contributed by atoms with E-state index in [1.54, 1.807) is 30.5 Å². The van der Waals surface area contributed by atoms with Crippen LogP contribution in [0.2, 0.25) is 0 Å². The van der Waals surface area contributed by atoms with E-state index in [2.05, 4.69) is 20.9 Å². The molecule has 1 aliphatic heterocycles. The molecule has 3 aromatic rings. The number of benzene rings is 2. The molecule has 130 valence electrons. The van der Waals surface area contributed by atoms with Crippen molar-refractivity contribution < 1.29 is 9.50 Å². The molecule has 0 amide bonds. The predicted octanol–water partition coefficient (Wildman–Crippen LogP) is 4.82. The summed E-state index contributed by atoms with van der Waals surface area (Å²) in [5, 5.41) is 10.5. The zero-order valence-electron chi connectivity index (χ0n) is 13.3. The van der Waals surface area contributed by atoms with Crippen molar-refractivity contribution >= 4 is 50.8 Å². The third-order valence-corrected chi connectivity index (χ3v) is 5.49. The van der Waals surface area contributed by atoms with E-state index in [9.17, 15) is 14.3 Å². The quantitative estimate of drug-likeness (QED) is 0.647.